The zero-order valence-electron chi connectivity index (χ0n) is 22.1. The fourth-order valence-corrected chi connectivity index (χ4v) is 5.85. The fraction of sp³-hybridized carbons (Fsp3) is 0.414. The molecule has 5 rings (SSSR count). The number of carbonyl (C=O) groups excluding carboxylic acids is 2. The summed E-state index contributed by atoms with van der Waals surface area (Å²) in [5.74, 6) is -0.0375. The minimum absolute atomic E-state index is 0.0481. The van der Waals surface area contributed by atoms with Crippen molar-refractivity contribution in [1.82, 2.24) is 4.90 Å². The first kappa shape index (κ1) is 26.7. The number of anilines is 2. The van der Waals surface area contributed by atoms with E-state index in [9.17, 15) is 14.0 Å². The molecule has 3 aliphatic heterocycles. The molecule has 0 saturated carbocycles. The molecule has 3 saturated heterocycles. The lowest BCUT2D eigenvalue weighted by atomic mass is 9.77. The number of nitrogens with zero attached hydrogens (tertiary/aromatic N) is 3. The summed E-state index contributed by atoms with van der Waals surface area (Å²) in [5.41, 5.74) is 7.87. The van der Waals surface area contributed by atoms with Gasteiger partial charge < -0.3 is 35.3 Å². The number of methoxy groups -OCH3 is 1. The van der Waals surface area contributed by atoms with Gasteiger partial charge in [-0.1, -0.05) is 0 Å². The van der Waals surface area contributed by atoms with Gasteiger partial charge in [-0.25, -0.2) is 4.39 Å². The highest BCUT2D eigenvalue weighted by Crippen LogP contribution is 2.44. The number of ether oxygens (including phenoxy) is 2. The Labute approximate surface area is 227 Å². The Kier molecular flexibility index (Phi) is 7.56. The van der Waals surface area contributed by atoms with Crippen LogP contribution in [-0.4, -0.2) is 76.0 Å². The van der Waals surface area contributed by atoms with Crippen molar-refractivity contribution in [3.8, 4) is 5.75 Å². The summed E-state index contributed by atoms with van der Waals surface area (Å²) in [4.78, 5) is 32.3. The van der Waals surface area contributed by atoms with E-state index < -0.39 is 11.2 Å². The average Bonchev–Trinajstić information content (AvgIpc) is 3.29. The van der Waals surface area contributed by atoms with Gasteiger partial charge in [-0.15, -0.1) is 0 Å². The highest BCUT2D eigenvalue weighted by atomic mass is 19.1. The molecule has 3 fully saturated rings. The van der Waals surface area contributed by atoms with E-state index in [0.717, 1.165) is 11.9 Å². The summed E-state index contributed by atoms with van der Waals surface area (Å²) < 4.78 is 25.7. The number of hydrogen-bond acceptors (Lipinski definition) is 7. The first-order valence-corrected chi connectivity index (χ1v) is 13.2. The lowest BCUT2D eigenvalue weighted by molar-refractivity contribution is -0.127. The number of hydrogen-bond donors (Lipinski definition) is 2. The van der Waals surface area contributed by atoms with Gasteiger partial charge in [-0.05, 0) is 49.6 Å². The van der Waals surface area contributed by atoms with Crippen molar-refractivity contribution in [3.05, 3.63) is 59.5 Å². The van der Waals surface area contributed by atoms with E-state index in [4.69, 9.17) is 20.6 Å². The smallest absolute Gasteiger partial charge is 0.253 e. The van der Waals surface area contributed by atoms with E-state index in [1.807, 2.05) is 11.0 Å². The highest BCUT2D eigenvalue weighted by molar-refractivity contribution is 6.09. The van der Waals surface area contributed by atoms with Crippen LogP contribution in [0.4, 0.5) is 15.8 Å². The van der Waals surface area contributed by atoms with Crippen LogP contribution in [-0.2, 0) is 9.53 Å². The molecule has 39 heavy (non-hydrogen) atoms. The van der Waals surface area contributed by atoms with Crippen molar-refractivity contribution in [2.75, 3.05) is 62.8 Å². The second-order valence-corrected chi connectivity index (χ2v) is 10.2. The van der Waals surface area contributed by atoms with Crippen LogP contribution in [0.1, 0.15) is 35.2 Å². The summed E-state index contributed by atoms with van der Waals surface area (Å²) in [6.07, 6.45) is 4.34. The molecule has 2 amide bonds. The minimum atomic E-state index is -0.522. The zero-order chi connectivity index (χ0) is 27.6. The molecule has 3 aliphatic rings. The van der Waals surface area contributed by atoms with Crippen molar-refractivity contribution in [3.63, 3.8) is 0 Å². The van der Waals surface area contributed by atoms with Gasteiger partial charge in [0, 0.05) is 73.6 Å². The maximum Gasteiger partial charge on any atom is 0.253 e. The molecule has 0 aromatic heterocycles. The molecular formula is C29H34FN5O4. The number of nitrogens with two attached hydrogens (primary N) is 1. The van der Waals surface area contributed by atoms with E-state index in [1.165, 1.54) is 12.3 Å². The lowest BCUT2D eigenvalue weighted by Gasteiger charge is -2.38. The van der Waals surface area contributed by atoms with Crippen LogP contribution in [0.3, 0.4) is 0 Å². The third-order valence-corrected chi connectivity index (χ3v) is 8.21. The van der Waals surface area contributed by atoms with Crippen molar-refractivity contribution in [1.29, 1.82) is 5.41 Å². The molecule has 0 atom stereocenters. The topological polar surface area (TPSA) is 112 Å². The summed E-state index contributed by atoms with van der Waals surface area (Å²) >= 11 is 0. The zero-order valence-corrected chi connectivity index (χ0v) is 22.1. The summed E-state index contributed by atoms with van der Waals surface area (Å²) in [6, 6.07) is 10.1. The van der Waals surface area contributed by atoms with Gasteiger partial charge in [-0.2, -0.15) is 0 Å². The molecule has 0 radical (unpaired) electrons. The predicted molar refractivity (Wildman–Crippen MR) is 148 cm³/mol. The van der Waals surface area contributed by atoms with Crippen molar-refractivity contribution in [2.45, 2.75) is 19.3 Å². The summed E-state index contributed by atoms with van der Waals surface area (Å²) in [5, 5.41) is 7.57. The van der Waals surface area contributed by atoms with Gasteiger partial charge in [0.1, 0.15) is 11.6 Å². The van der Waals surface area contributed by atoms with Crippen LogP contribution in [0.15, 0.2) is 42.6 Å². The van der Waals surface area contributed by atoms with Crippen molar-refractivity contribution >= 4 is 35.0 Å². The van der Waals surface area contributed by atoms with Crippen molar-refractivity contribution < 1.29 is 23.5 Å². The Hall–Kier alpha value is -3.92. The molecule has 206 valence electrons. The number of amides is 2. The summed E-state index contributed by atoms with van der Waals surface area (Å²) in [7, 11) is 1.54. The van der Waals surface area contributed by atoms with Gasteiger partial charge >= 0.3 is 0 Å². The molecule has 1 spiro atoms. The van der Waals surface area contributed by atoms with Gasteiger partial charge in [0.15, 0.2) is 0 Å². The van der Waals surface area contributed by atoms with Gasteiger partial charge in [0.2, 0.25) is 5.91 Å². The van der Waals surface area contributed by atoms with Crippen molar-refractivity contribution in [2.24, 2.45) is 11.1 Å². The number of allylic oxidation sites excluding steroid dienone is 1. The Balaban J connectivity index is 1.25. The highest BCUT2D eigenvalue weighted by Gasteiger charge is 2.49. The second-order valence-electron chi connectivity index (χ2n) is 10.2. The number of morpholine rings is 1. The maximum absolute atomic E-state index is 14.9. The number of rotatable bonds is 6. The Morgan fingerprint density at radius 3 is 2.44 bits per heavy atom. The maximum atomic E-state index is 14.9. The van der Waals surface area contributed by atoms with Gasteiger partial charge in [-0.3, -0.25) is 9.59 Å². The van der Waals surface area contributed by atoms with Crippen LogP contribution in [0, 0.1) is 16.6 Å². The fourth-order valence-electron chi connectivity index (χ4n) is 5.85. The molecule has 0 aliphatic carbocycles. The minimum Gasteiger partial charge on any atom is -0.496 e. The molecular weight excluding hydrogens is 501 g/mol. The first-order chi connectivity index (χ1) is 18.9. The number of nitrogens with one attached hydrogen (secondary N) is 1. The molecule has 0 unspecified atom stereocenters. The van der Waals surface area contributed by atoms with Crippen LogP contribution in [0.25, 0.3) is 5.57 Å². The van der Waals surface area contributed by atoms with E-state index in [-0.39, 0.29) is 11.8 Å². The Morgan fingerprint density at radius 2 is 1.79 bits per heavy atom. The van der Waals surface area contributed by atoms with Crippen LogP contribution >= 0.6 is 0 Å². The third-order valence-electron chi connectivity index (χ3n) is 8.21. The van der Waals surface area contributed by atoms with E-state index in [1.54, 1.807) is 41.2 Å². The molecule has 3 heterocycles. The third kappa shape index (κ3) is 4.96. The number of piperidine rings is 1. The van der Waals surface area contributed by atoms with Crippen LogP contribution in [0.2, 0.25) is 0 Å². The predicted octanol–water partition coefficient (Wildman–Crippen LogP) is 3.28. The first-order valence-electron chi connectivity index (χ1n) is 13.2. The molecule has 10 heteroatoms. The van der Waals surface area contributed by atoms with Crippen LogP contribution in [0.5, 0.6) is 5.75 Å². The molecule has 0 bridgehead atoms. The Bertz CT molecular complexity index is 1300. The monoisotopic (exact) mass is 535 g/mol. The number of likely N-dealkylation sites (tertiary alicyclic amines) is 1. The quantitative estimate of drug-likeness (QED) is 0.549. The number of carbonyl (C=O) groups is 2. The molecule has 9 nitrogen and oxygen atoms in total. The van der Waals surface area contributed by atoms with E-state index in [0.29, 0.717) is 93.3 Å². The normalized spacial score (nSPS) is 19.5. The second kappa shape index (κ2) is 11.1. The van der Waals surface area contributed by atoms with E-state index >= 15 is 0 Å². The standard InChI is InChI=1S/C29H34FN5O4/c1-38-26-17-22(3-4-23(26)21(18-31)19-32)35-11-8-29(28(35)37)6-9-34(10-7-29)27(36)20-2-5-25(24(30)16-20)33-12-14-39-15-13-33/h2-5,16-19,31H,6-15,32H2,1H3/b21-19+,31-18?. The SMILES string of the molecule is COc1cc(N2CCC3(CCN(C(=O)c4ccc(N5CCOCC5)c(F)c4)CC3)C2=O)ccc1/C(C=N)=C/N. The molecule has 2 aromatic rings. The summed E-state index contributed by atoms with van der Waals surface area (Å²) in [6.45, 7) is 3.82. The van der Waals surface area contributed by atoms with Crippen LogP contribution < -0.4 is 20.3 Å². The number of benzene rings is 2. The van der Waals surface area contributed by atoms with E-state index in [2.05, 4.69) is 0 Å². The number of halogens is 1. The van der Waals surface area contributed by atoms with Gasteiger partial charge in [0.05, 0.1) is 31.4 Å². The Morgan fingerprint density at radius 1 is 1.08 bits per heavy atom. The molecule has 2 aromatic carbocycles. The average molecular weight is 536 g/mol. The largest absolute Gasteiger partial charge is 0.496 e. The van der Waals surface area contributed by atoms with Gasteiger partial charge in [0.25, 0.3) is 5.91 Å². The lowest BCUT2D eigenvalue weighted by Crippen LogP contribution is -2.46. The molecule has 3 N–H and O–H groups in total.